The maximum atomic E-state index is 14.6. The van der Waals surface area contributed by atoms with Gasteiger partial charge in [0.2, 0.25) is 0 Å². The molecular weight excluding hydrogens is 353 g/mol. The highest BCUT2D eigenvalue weighted by Gasteiger charge is 2.64. The molecule has 0 radical (unpaired) electrons. The van der Waals surface area contributed by atoms with Gasteiger partial charge in [0.15, 0.2) is 9.84 Å². The van der Waals surface area contributed by atoms with Gasteiger partial charge in [-0.25, -0.2) is 12.8 Å². The number of hydrogen-bond acceptors (Lipinski definition) is 7. The van der Waals surface area contributed by atoms with E-state index in [2.05, 4.69) is 4.99 Å². The number of benzene rings is 1. The van der Waals surface area contributed by atoms with Gasteiger partial charge in [0.05, 0.1) is 17.6 Å². The molecule has 136 valence electrons. The zero-order valence-corrected chi connectivity index (χ0v) is 14.7. The second-order valence-electron chi connectivity index (χ2n) is 6.83. The first-order valence-corrected chi connectivity index (χ1v) is 9.15. The quantitative estimate of drug-likeness (QED) is 0.617. The first-order chi connectivity index (χ1) is 11.4. The fraction of sp³-hybridized carbons (Fsp3) is 0.533. The van der Waals surface area contributed by atoms with Gasteiger partial charge in [-0.05, 0) is 26.8 Å². The van der Waals surface area contributed by atoms with Crippen LogP contribution in [-0.4, -0.2) is 41.9 Å². The number of sulfone groups is 1. The predicted octanol–water partition coefficient (Wildman–Crippen LogP) is 1.28. The molecular formula is C15H18FN3O5S. The van der Waals surface area contributed by atoms with Crippen molar-refractivity contribution in [3.8, 4) is 0 Å². The van der Waals surface area contributed by atoms with Crippen molar-refractivity contribution in [2.75, 3.05) is 6.61 Å². The summed E-state index contributed by atoms with van der Waals surface area (Å²) in [7, 11) is -3.91. The van der Waals surface area contributed by atoms with Crippen molar-refractivity contribution in [2.24, 2.45) is 10.7 Å². The Labute approximate surface area is 143 Å². The molecule has 0 unspecified atom stereocenters. The van der Waals surface area contributed by atoms with Crippen LogP contribution >= 0.6 is 0 Å². The van der Waals surface area contributed by atoms with E-state index in [1.807, 2.05) is 0 Å². The second-order valence-corrected chi connectivity index (χ2v) is 9.45. The molecule has 0 amide bonds. The first kappa shape index (κ1) is 17.7. The number of halogens is 1. The minimum Gasteiger partial charge on any atom is -0.386 e. The highest BCUT2D eigenvalue weighted by Crippen LogP contribution is 2.49. The Kier molecular flexibility index (Phi) is 3.70. The van der Waals surface area contributed by atoms with Crippen LogP contribution < -0.4 is 5.73 Å². The van der Waals surface area contributed by atoms with Crippen LogP contribution in [0.4, 0.5) is 10.1 Å². The number of ether oxygens (including phenoxy) is 1. The molecule has 2 aliphatic heterocycles. The Balaban J connectivity index is 2.36. The summed E-state index contributed by atoms with van der Waals surface area (Å²) >= 11 is 0. The molecule has 3 rings (SSSR count). The summed E-state index contributed by atoms with van der Waals surface area (Å²) in [4.78, 5) is 14.7. The van der Waals surface area contributed by atoms with Gasteiger partial charge < -0.3 is 10.5 Å². The Bertz CT molecular complexity index is 898. The molecule has 0 spiro atoms. The molecule has 0 aromatic heterocycles. The smallest absolute Gasteiger partial charge is 0.270 e. The van der Waals surface area contributed by atoms with Gasteiger partial charge in [0, 0.05) is 17.7 Å². The van der Waals surface area contributed by atoms with Gasteiger partial charge in [0.25, 0.3) is 5.69 Å². The summed E-state index contributed by atoms with van der Waals surface area (Å²) in [6.07, 6.45) is -0.764. The average molecular weight is 371 g/mol. The van der Waals surface area contributed by atoms with Crippen LogP contribution in [-0.2, 0) is 20.1 Å². The van der Waals surface area contributed by atoms with Gasteiger partial charge >= 0.3 is 0 Å². The Hall–Kier alpha value is -2.07. The summed E-state index contributed by atoms with van der Waals surface area (Å²) < 4.78 is 44.9. The number of nitrogens with zero attached hydrogens (tertiary/aromatic N) is 2. The molecule has 1 aromatic carbocycles. The van der Waals surface area contributed by atoms with Gasteiger partial charge in [-0.1, -0.05) is 0 Å². The maximum absolute atomic E-state index is 14.6. The Morgan fingerprint density at radius 2 is 2.08 bits per heavy atom. The van der Waals surface area contributed by atoms with E-state index in [0.717, 1.165) is 18.2 Å². The fourth-order valence-electron chi connectivity index (χ4n) is 3.48. The maximum Gasteiger partial charge on any atom is 0.270 e. The lowest BCUT2D eigenvalue weighted by Crippen LogP contribution is -2.61. The highest BCUT2D eigenvalue weighted by molar-refractivity contribution is 7.94. The molecule has 0 bridgehead atoms. The molecule has 8 nitrogen and oxygen atoms in total. The number of aliphatic imine (C=N–C) groups is 1. The summed E-state index contributed by atoms with van der Waals surface area (Å²) in [5.74, 6) is -0.966. The number of nitrogens with two attached hydrogens (primary N) is 1. The normalized spacial score (nSPS) is 32.7. The first-order valence-electron chi connectivity index (χ1n) is 7.60. The monoisotopic (exact) mass is 371 g/mol. The standard InChI is InChI=1S/C15H18FN3O5S/c1-8-12-15(7-24-8,18-13(17)14(2,3)25(12,22)23)10-6-9(19(20)21)4-5-11(10)16/h4-6,8,12H,7H2,1-3H3,(H2,17,18)/t8-,12+,15+/m0/s1. The van der Waals surface area contributed by atoms with Gasteiger partial charge in [-0.15, -0.1) is 0 Å². The van der Waals surface area contributed by atoms with Crippen molar-refractivity contribution in [3.05, 3.63) is 39.7 Å². The molecule has 2 aliphatic rings. The number of hydrogen-bond donors (Lipinski definition) is 1. The summed E-state index contributed by atoms with van der Waals surface area (Å²) in [5.41, 5.74) is 3.72. The lowest BCUT2D eigenvalue weighted by atomic mass is 9.86. The molecule has 0 saturated carbocycles. The van der Waals surface area contributed by atoms with Crippen molar-refractivity contribution < 1.29 is 22.5 Å². The van der Waals surface area contributed by atoms with E-state index >= 15 is 0 Å². The summed E-state index contributed by atoms with van der Waals surface area (Å²) in [5, 5.41) is 9.87. The van der Waals surface area contributed by atoms with Crippen molar-refractivity contribution in [3.63, 3.8) is 0 Å². The third-order valence-corrected chi connectivity index (χ3v) is 8.15. The fourth-order valence-corrected chi connectivity index (χ4v) is 5.80. The van der Waals surface area contributed by atoms with E-state index in [9.17, 15) is 22.9 Å². The minimum atomic E-state index is -3.91. The number of nitro groups is 1. The van der Waals surface area contributed by atoms with Crippen LogP contribution in [0.15, 0.2) is 23.2 Å². The van der Waals surface area contributed by atoms with E-state index in [0.29, 0.717) is 0 Å². The largest absolute Gasteiger partial charge is 0.386 e. The second kappa shape index (κ2) is 5.21. The van der Waals surface area contributed by atoms with Gasteiger partial charge in [0.1, 0.15) is 27.2 Å². The molecule has 2 heterocycles. The minimum absolute atomic E-state index is 0.174. The SMILES string of the molecule is C[C@@H]1OC[C@]2(c3cc([N+](=O)[O-])ccc3F)N=C(N)C(C)(C)S(=O)(=O)[C@H]12. The van der Waals surface area contributed by atoms with E-state index in [4.69, 9.17) is 10.5 Å². The molecule has 1 fully saturated rings. The zero-order chi connectivity index (χ0) is 18.8. The van der Waals surface area contributed by atoms with Crippen LogP contribution in [0.3, 0.4) is 0 Å². The molecule has 1 aromatic rings. The molecule has 2 N–H and O–H groups in total. The van der Waals surface area contributed by atoms with Crippen molar-refractivity contribution >= 4 is 21.4 Å². The Morgan fingerprint density at radius 3 is 2.68 bits per heavy atom. The molecule has 25 heavy (non-hydrogen) atoms. The van der Waals surface area contributed by atoms with Gasteiger partial charge in [-0.3, -0.25) is 15.1 Å². The molecule has 10 heteroatoms. The number of non-ortho nitro benzene ring substituents is 1. The number of fused-ring (bicyclic) bond motifs is 1. The molecule has 3 atom stereocenters. The predicted molar refractivity (Wildman–Crippen MR) is 88.6 cm³/mol. The number of amidine groups is 1. The van der Waals surface area contributed by atoms with Crippen molar-refractivity contribution in [2.45, 2.75) is 42.4 Å². The topological polar surface area (TPSA) is 125 Å². The Morgan fingerprint density at radius 1 is 1.44 bits per heavy atom. The van der Waals surface area contributed by atoms with Crippen molar-refractivity contribution in [1.82, 2.24) is 0 Å². The number of rotatable bonds is 2. The summed E-state index contributed by atoms with van der Waals surface area (Å²) in [6, 6.07) is 2.95. The molecule has 1 saturated heterocycles. The lowest BCUT2D eigenvalue weighted by Gasteiger charge is -2.42. The van der Waals surface area contributed by atoms with Crippen LogP contribution in [0.1, 0.15) is 26.3 Å². The third kappa shape index (κ3) is 2.20. The van der Waals surface area contributed by atoms with E-state index in [1.165, 1.54) is 13.8 Å². The number of nitro benzene ring substituents is 1. The van der Waals surface area contributed by atoms with E-state index in [-0.39, 0.29) is 23.7 Å². The lowest BCUT2D eigenvalue weighted by molar-refractivity contribution is -0.385. The van der Waals surface area contributed by atoms with E-state index in [1.54, 1.807) is 6.92 Å². The highest BCUT2D eigenvalue weighted by atomic mass is 32.2. The van der Waals surface area contributed by atoms with Crippen molar-refractivity contribution in [1.29, 1.82) is 0 Å². The zero-order valence-electron chi connectivity index (χ0n) is 13.9. The van der Waals surface area contributed by atoms with Crippen LogP contribution in [0.2, 0.25) is 0 Å². The molecule has 0 aliphatic carbocycles. The third-order valence-electron chi connectivity index (χ3n) is 5.07. The summed E-state index contributed by atoms with van der Waals surface area (Å²) in [6.45, 7) is 4.19. The van der Waals surface area contributed by atoms with Crippen LogP contribution in [0.25, 0.3) is 0 Å². The van der Waals surface area contributed by atoms with E-state index < -0.39 is 42.2 Å². The van der Waals surface area contributed by atoms with Crippen LogP contribution in [0.5, 0.6) is 0 Å². The van der Waals surface area contributed by atoms with Crippen LogP contribution in [0, 0.1) is 15.9 Å². The van der Waals surface area contributed by atoms with Gasteiger partial charge in [-0.2, -0.15) is 0 Å². The average Bonchev–Trinajstić information content (AvgIpc) is 2.84.